The minimum atomic E-state index is 0.475. The number of fused-ring (bicyclic) bond motifs is 1. The fourth-order valence-corrected chi connectivity index (χ4v) is 3.23. The SMILES string of the molecule is Cn1ncc(C#N)c1Nc1ccc(-c2ccc3c(c2)CCCC3)nn1. The Labute approximate surface area is 146 Å². The van der Waals surface area contributed by atoms with Crippen LogP contribution in [0.5, 0.6) is 0 Å². The molecule has 25 heavy (non-hydrogen) atoms. The fraction of sp³-hybridized carbons (Fsp3) is 0.263. The van der Waals surface area contributed by atoms with E-state index in [1.807, 2.05) is 12.1 Å². The Bertz CT molecular complexity index is 949. The molecule has 1 aliphatic carbocycles. The molecule has 2 aromatic heterocycles. The summed E-state index contributed by atoms with van der Waals surface area (Å²) < 4.78 is 1.61. The second kappa shape index (κ2) is 6.36. The van der Waals surface area contributed by atoms with E-state index in [-0.39, 0.29) is 0 Å². The van der Waals surface area contributed by atoms with Crippen molar-refractivity contribution < 1.29 is 0 Å². The largest absolute Gasteiger partial charge is 0.323 e. The second-order valence-electron chi connectivity index (χ2n) is 6.26. The highest BCUT2D eigenvalue weighted by Gasteiger charge is 2.12. The molecule has 2 heterocycles. The monoisotopic (exact) mass is 330 g/mol. The molecule has 1 N–H and O–H groups in total. The quantitative estimate of drug-likeness (QED) is 0.796. The highest BCUT2D eigenvalue weighted by atomic mass is 15.3. The molecule has 0 bridgehead atoms. The Balaban J connectivity index is 1.58. The number of benzene rings is 1. The number of aromatic nitrogens is 4. The summed E-state index contributed by atoms with van der Waals surface area (Å²) in [5.41, 5.74) is 5.31. The smallest absolute Gasteiger partial charge is 0.154 e. The molecule has 0 amide bonds. The van der Waals surface area contributed by atoms with Crippen LogP contribution < -0.4 is 5.32 Å². The average Bonchev–Trinajstić information content (AvgIpc) is 3.02. The van der Waals surface area contributed by atoms with E-state index in [2.05, 4.69) is 44.9 Å². The molecule has 3 aromatic rings. The highest BCUT2D eigenvalue weighted by molar-refractivity contribution is 5.64. The van der Waals surface area contributed by atoms with Gasteiger partial charge < -0.3 is 5.32 Å². The Hall–Kier alpha value is -3.20. The standard InChI is InChI=1S/C19H18N6/c1-25-19(16(11-20)12-21-25)22-18-9-8-17(23-24-18)15-7-6-13-4-2-3-5-14(13)10-15/h6-10,12H,2-5H2,1H3,(H,22,24). The van der Waals surface area contributed by atoms with Crippen LogP contribution in [-0.4, -0.2) is 20.0 Å². The van der Waals surface area contributed by atoms with E-state index in [9.17, 15) is 0 Å². The molecule has 1 aromatic carbocycles. The third-order valence-electron chi connectivity index (χ3n) is 4.61. The highest BCUT2D eigenvalue weighted by Crippen LogP contribution is 2.27. The van der Waals surface area contributed by atoms with Gasteiger partial charge in [-0.05, 0) is 55.0 Å². The van der Waals surface area contributed by atoms with Crippen molar-refractivity contribution >= 4 is 11.6 Å². The molecule has 0 spiro atoms. The first-order chi connectivity index (χ1) is 12.2. The predicted molar refractivity (Wildman–Crippen MR) is 95.3 cm³/mol. The molecule has 0 radical (unpaired) electrons. The number of nitrogens with zero attached hydrogens (tertiary/aromatic N) is 5. The molecular weight excluding hydrogens is 312 g/mol. The topological polar surface area (TPSA) is 79.4 Å². The summed E-state index contributed by atoms with van der Waals surface area (Å²) >= 11 is 0. The molecule has 0 saturated heterocycles. The summed E-state index contributed by atoms with van der Waals surface area (Å²) in [5.74, 6) is 1.19. The van der Waals surface area contributed by atoms with Crippen LogP contribution in [0.2, 0.25) is 0 Å². The Morgan fingerprint density at radius 3 is 2.68 bits per heavy atom. The van der Waals surface area contributed by atoms with E-state index in [4.69, 9.17) is 5.26 Å². The number of anilines is 2. The maximum atomic E-state index is 9.12. The van der Waals surface area contributed by atoms with Gasteiger partial charge in [-0.3, -0.25) is 4.68 Å². The summed E-state index contributed by atoms with van der Waals surface area (Å²) in [5, 5.41) is 24.9. The first-order valence-electron chi connectivity index (χ1n) is 8.39. The third-order valence-corrected chi connectivity index (χ3v) is 4.61. The number of hydrogen-bond acceptors (Lipinski definition) is 5. The van der Waals surface area contributed by atoms with E-state index in [0.29, 0.717) is 17.2 Å². The summed E-state index contributed by atoms with van der Waals surface area (Å²) in [6, 6.07) is 12.5. The maximum absolute atomic E-state index is 9.12. The first-order valence-corrected chi connectivity index (χ1v) is 8.39. The van der Waals surface area contributed by atoms with Gasteiger partial charge in [0.2, 0.25) is 0 Å². The van der Waals surface area contributed by atoms with Crippen molar-refractivity contribution in [1.82, 2.24) is 20.0 Å². The van der Waals surface area contributed by atoms with Crippen LogP contribution in [0.3, 0.4) is 0 Å². The van der Waals surface area contributed by atoms with Gasteiger partial charge in [0.15, 0.2) is 5.82 Å². The van der Waals surface area contributed by atoms with Crippen LogP contribution in [0.25, 0.3) is 11.3 Å². The van der Waals surface area contributed by atoms with Gasteiger partial charge in [-0.1, -0.05) is 12.1 Å². The number of rotatable bonds is 3. The molecule has 0 saturated carbocycles. The summed E-state index contributed by atoms with van der Waals surface area (Å²) in [6.07, 6.45) is 6.39. The molecule has 1 aliphatic rings. The van der Waals surface area contributed by atoms with Gasteiger partial charge in [-0.2, -0.15) is 10.4 Å². The van der Waals surface area contributed by atoms with Crippen molar-refractivity contribution in [2.45, 2.75) is 25.7 Å². The average molecular weight is 330 g/mol. The molecule has 0 atom stereocenters. The van der Waals surface area contributed by atoms with E-state index in [1.54, 1.807) is 11.7 Å². The summed E-state index contributed by atoms with van der Waals surface area (Å²) in [6.45, 7) is 0. The lowest BCUT2D eigenvalue weighted by molar-refractivity contribution is 0.686. The van der Waals surface area contributed by atoms with Gasteiger partial charge in [-0.15, -0.1) is 10.2 Å². The van der Waals surface area contributed by atoms with Gasteiger partial charge >= 0.3 is 0 Å². The first kappa shape index (κ1) is 15.3. The maximum Gasteiger partial charge on any atom is 0.154 e. The van der Waals surface area contributed by atoms with Gasteiger partial charge in [0.25, 0.3) is 0 Å². The molecular formula is C19H18N6. The van der Waals surface area contributed by atoms with E-state index >= 15 is 0 Å². The number of aryl methyl sites for hydroxylation is 3. The summed E-state index contributed by atoms with van der Waals surface area (Å²) in [4.78, 5) is 0. The third kappa shape index (κ3) is 2.96. The molecule has 4 rings (SSSR count). The Morgan fingerprint density at radius 1 is 1.08 bits per heavy atom. The zero-order valence-electron chi connectivity index (χ0n) is 14.0. The van der Waals surface area contributed by atoms with Crippen LogP contribution >= 0.6 is 0 Å². The van der Waals surface area contributed by atoms with Crippen LogP contribution in [0.15, 0.2) is 36.5 Å². The lowest BCUT2D eigenvalue weighted by atomic mass is 9.90. The number of hydrogen-bond donors (Lipinski definition) is 1. The minimum absolute atomic E-state index is 0.475. The zero-order valence-corrected chi connectivity index (χ0v) is 14.0. The van der Waals surface area contributed by atoms with E-state index in [0.717, 1.165) is 17.7 Å². The van der Waals surface area contributed by atoms with E-state index in [1.165, 1.54) is 36.6 Å². The molecule has 124 valence electrons. The van der Waals surface area contributed by atoms with Crippen LogP contribution in [-0.2, 0) is 19.9 Å². The normalized spacial score (nSPS) is 13.1. The molecule has 0 unspecified atom stereocenters. The van der Waals surface area contributed by atoms with Gasteiger partial charge in [-0.25, -0.2) is 0 Å². The molecule has 6 nitrogen and oxygen atoms in total. The predicted octanol–water partition coefficient (Wildman–Crippen LogP) is 3.37. The van der Waals surface area contributed by atoms with Crippen molar-refractivity contribution in [2.75, 3.05) is 5.32 Å². The number of nitriles is 1. The van der Waals surface area contributed by atoms with Crippen LogP contribution in [0.4, 0.5) is 11.6 Å². The van der Waals surface area contributed by atoms with Gasteiger partial charge in [0.05, 0.1) is 11.9 Å². The minimum Gasteiger partial charge on any atom is -0.323 e. The van der Waals surface area contributed by atoms with Crippen molar-refractivity contribution in [3.8, 4) is 17.3 Å². The lowest BCUT2D eigenvalue weighted by Gasteiger charge is -2.16. The van der Waals surface area contributed by atoms with Crippen LogP contribution in [0, 0.1) is 11.3 Å². The van der Waals surface area contributed by atoms with Crippen molar-refractivity contribution in [1.29, 1.82) is 5.26 Å². The summed E-state index contributed by atoms with van der Waals surface area (Å²) in [7, 11) is 1.78. The van der Waals surface area contributed by atoms with Crippen molar-refractivity contribution in [3.05, 3.63) is 53.2 Å². The van der Waals surface area contributed by atoms with E-state index < -0.39 is 0 Å². The molecule has 6 heteroatoms. The molecule has 0 aliphatic heterocycles. The Morgan fingerprint density at radius 2 is 1.92 bits per heavy atom. The zero-order chi connectivity index (χ0) is 17.2. The van der Waals surface area contributed by atoms with Crippen LogP contribution in [0.1, 0.15) is 29.5 Å². The Kier molecular flexibility index (Phi) is 3.90. The van der Waals surface area contributed by atoms with Crippen molar-refractivity contribution in [3.63, 3.8) is 0 Å². The second-order valence-corrected chi connectivity index (χ2v) is 6.26. The number of nitrogens with one attached hydrogen (secondary N) is 1. The van der Waals surface area contributed by atoms with Gasteiger partial charge in [0, 0.05) is 12.6 Å². The van der Waals surface area contributed by atoms with Crippen molar-refractivity contribution in [2.24, 2.45) is 7.05 Å². The molecule has 0 fully saturated rings. The lowest BCUT2D eigenvalue weighted by Crippen LogP contribution is -2.04. The van der Waals surface area contributed by atoms with Gasteiger partial charge in [0.1, 0.15) is 17.5 Å². The fourth-order valence-electron chi connectivity index (χ4n) is 3.23.